The zero-order valence-electron chi connectivity index (χ0n) is 8.94. The highest BCUT2D eigenvalue weighted by molar-refractivity contribution is 9.10. The van der Waals surface area contributed by atoms with Crippen LogP contribution in [0.25, 0.3) is 0 Å². The normalized spacial score (nSPS) is 14.9. The quantitative estimate of drug-likeness (QED) is 0.504. The fourth-order valence-corrected chi connectivity index (χ4v) is 8.61. The van der Waals surface area contributed by atoms with Crippen LogP contribution in [0.2, 0.25) is 0 Å². The monoisotopic (exact) mass is 254 g/mol. The van der Waals surface area contributed by atoms with Gasteiger partial charge in [-0.1, -0.05) is 57.5 Å². The fraction of sp³-hybridized carbons (Fsp3) is 1.00. The SMILES string of the molecule is CC(C)(C)P(=O)(CBr)C(C)(C)C. The smallest absolute Gasteiger partial charge is 0.108 e. The van der Waals surface area contributed by atoms with Crippen molar-refractivity contribution in [3.8, 4) is 0 Å². The summed E-state index contributed by atoms with van der Waals surface area (Å²) in [6.45, 7) is 12.3. The first-order valence-corrected chi connectivity index (χ1v) is 7.23. The van der Waals surface area contributed by atoms with Crippen LogP contribution in [0.1, 0.15) is 41.5 Å². The largest absolute Gasteiger partial charge is 0.322 e. The Hall–Kier alpha value is 0.710. The van der Waals surface area contributed by atoms with Gasteiger partial charge in [-0.05, 0) is 0 Å². The van der Waals surface area contributed by atoms with Crippen LogP contribution in [0.15, 0.2) is 0 Å². The van der Waals surface area contributed by atoms with Gasteiger partial charge >= 0.3 is 0 Å². The number of rotatable bonds is 1. The highest BCUT2D eigenvalue weighted by atomic mass is 79.9. The maximum absolute atomic E-state index is 12.6. The van der Waals surface area contributed by atoms with Crippen molar-refractivity contribution in [3.05, 3.63) is 0 Å². The summed E-state index contributed by atoms with van der Waals surface area (Å²) in [6.07, 6.45) is 0. The average Bonchev–Trinajstić information content (AvgIpc) is 1.81. The van der Waals surface area contributed by atoms with Gasteiger partial charge in [0.05, 0.1) is 5.07 Å². The second kappa shape index (κ2) is 3.46. The number of hydrogen-bond acceptors (Lipinski definition) is 1. The highest BCUT2D eigenvalue weighted by Crippen LogP contribution is 2.67. The van der Waals surface area contributed by atoms with E-state index in [-0.39, 0.29) is 10.3 Å². The molecule has 0 heterocycles. The molecule has 74 valence electrons. The van der Waals surface area contributed by atoms with Gasteiger partial charge in [0.15, 0.2) is 0 Å². The molecule has 0 aromatic rings. The van der Waals surface area contributed by atoms with E-state index in [0.29, 0.717) is 5.07 Å². The molecule has 3 heteroatoms. The van der Waals surface area contributed by atoms with Crippen LogP contribution in [0.5, 0.6) is 0 Å². The Labute approximate surface area is 84.8 Å². The van der Waals surface area contributed by atoms with E-state index in [4.69, 9.17) is 0 Å². The molecule has 0 aromatic carbocycles. The summed E-state index contributed by atoms with van der Waals surface area (Å²) in [5.41, 5.74) is 0. The van der Waals surface area contributed by atoms with Gasteiger partial charge in [0.25, 0.3) is 0 Å². The minimum atomic E-state index is -2.15. The van der Waals surface area contributed by atoms with Gasteiger partial charge in [-0.2, -0.15) is 0 Å². The van der Waals surface area contributed by atoms with Gasteiger partial charge in [-0.3, -0.25) is 0 Å². The molecule has 0 atom stereocenters. The molecule has 0 bridgehead atoms. The third kappa shape index (κ3) is 2.14. The Balaban J connectivity index is 5.11. The summed E-state index contributed by atoms with van der Waals surface area (Å²) in [7, 11) is -2.15. The van der Waals surface area contributed by atoms with Gasteiger partial charge in [0.1, 0.15) is 7.14 Å². The molecule has 0 fully saturated rings. The number of alkyl halides is 1. The van der Waals surface area contributed by atoms with E-state index in [9.17, 15) is 4.57 Å². The van der Waals surface area contributed by atoms with E-state index >= 15 is 0 Å². The first-order chi connectivity index (χ1) is 5.06. The summed E-state index contributed by atoms with van der Waals surface area (Å²) in [4.78, 5) is 0. The molecular formula is C9H20BrOP. The summed E-state index contributed by atoms with van der Waals surface area (Å²) < 4.78 is 12.6. The predicted molar refractivity (Wildman–Crippen MR) is 60.9 cm³/mol. The summed E-state index contributed by atoms with van der Waals surface area (Å²) in [6, 6.07) is 0. The van der Waals surface area contributed by atoms with Crippen LogP contribution in [0.3, 0.4) is 0 Å². The Kier molecular flexibility index (Phi) is 3.66. The van der Waals surface area contributed by atoms with Crippen molar-refractivity contribution >= 4 is 23.1 Å². The van der Waals surface area contributed by atoms with Crippen molar-refractivity contribution in [1.29, 1.82) is 0 Å². The van der Waals surface area contributed by atoms with E-state index < -0.39 is 7.14 Å². The molecule has 0 aliphatic carbocycles. The van der Waals surface area contributed by atoms with Crippen molar-refractivity contribution in [2.45, 2.75) is 51.9 Å². The zero-order valence-corrected chi connectivity index (χ0v) is 11.4. The van der Waals surface area contributed by atoms with Crippen molar-refractivity contribution in [1.82, 2.24) is 0 Å². The summed E-state index contributed by atoms with van der Waals surface area (Å²) in [5, 5.41) is 0.413. The maximum Gasteiger partial charge on any atom is 0.108 e. The van der Waals surface area contributed by atoms with E-state index in [1.165, 1.54) is 0 Å². The first kappa shape index (κ1) is 12.7. The van der Waals surface area contributed by atoms with Crippen LogP contribution in [0, 0.1) is 0 Å². The summed E-state index contributed by atoms with van der Waals surface area (Å²) >= 11 is 3.38. The Morgan fingerprint density at radius 3 is 1.25 bits per heavy atom. The number of hydrogen-bond donors (Lipinski definition) is 0. The van der Waals surface area contributed by atoms with Gasteiger partial charge in [0.2, 0.25) is 0 Å². The van der Waals surface area contributed by atoms with E-state index in [1.54, 1.807) is 0 Å². The van der Waals surface area contributed by atoms with E-state index in [1.807, 2.05) is 0 Å². The fourth-order valence-electron chi connectivity index (χ4n) is 1.36. The molecule has 0 N–H and O–H groups in total. The molecule has 1 nitrogen and oxygen atoms in total. The molecule has 0 aromatic heterocycles. The van der Waals surface area contributed by atoms with Gasteiger partial charge < -0.3 is 4.57 Å². The molecule has 0 amide bonds. The van der Waals surface area contributed by atoms with Gasteiger partial charge in [-0.15, -0.1) is 0 Å². The maximum atomic E-state index is 12.6. The van der Waals surface area contributed by atoms with Crippen LogP contribution in [-0.2, 0) is 4.57 Å². The second-order valence-corrected chi connectivity index (χ2v) is 11.1. The van der Waals surface area contributed by atoms with Crippen molar-refractivity contribution in [2.24, 2.45) is 0 Å². The topological polar surface area (TPSA) is 17.1 Å². The number of halogens is 1. The Morgan fingerprint density at radius 2 is 1.25 bits per heavy atom. The summed E-state index contributed by atoms with van der Waals surface area (Å²) in [5.74, 6) is 0. The zero-order chi connectivity index (χ0) is 10.2. The first-order valence-electron chi connectivity index (χ1n) is 4.21. The average molecular weight is 255 g/mol. The minimum Gasteiger partial charge on any atom is -0.322 e. The molecule has 0 aliphatic rings. The molecule has 0 unspecified atom stereocenters. The van der Waals surface area contributed by atoms with E-state index in [0.717, 1.165) is 0 Å². The highest BCUT2D eigenvalue weighted by Gasteiger charge is 2.44. The standard InChI is InChI=1S/C9H20BrOP/c1-8(2,3)12(11,7-10)9(4,5)6/h7H2,1-6H3. The van der Waals surface area contributed by atoms with Crippen molar-refractivity contribution < 1.29 is 4.57 Å². The van der Waals surface area contributed by atoms with Crippen LogP contribution >= 0.6 is 23.1 Å². The lowest BCUT2D eigenvalue weighted by Crippen LogP contribution is -2.29. The van der Waals surface area contributed by atoms with Crippen LogP contribution < -0.4 is 0 Å². The molecule has 0 saturated carbocycles. The lowest BCUT2D eigenvalue weighted by Gasteiger charge is -2.39. The third-order valence-corrected chi connectivity index (χ3v) is 9.13. The molecule has 0 aliphatic heterocycles. The predicted octanol–water partition coefficient (Wildman–Crippen LogP) is 4.30. The second-order valence-electron chi connectivity index (χ2n) is 5.20. The van der Waals surface area contributed by atoms with Crippen molar-refractivity contribution in [3.63, 3.8) is 0 Å². The molecular weight excluding hydrogens is 235 g/mol. The van der Waals surface area contributed by atoms with Crippen LogP contribution in [-0.4, -0.2) is 15.4 Å². The Bertz CT molecular complexity index is 180. The minimum absolute atomic E-state index is 0.102. The molecule has 0 rings (SSSR count). The molecule has 0 radical (unpaired) electrons. The van der Waals surface area contributed by atoms with Gasteiger partial charge in [-0.25, -0.2) is 0 Å². The lowest BCUT2D eigenvalue weighted by atomic mass is 10.2. The third-order valence-electron chi connectivity index (χ3n) is 2.34. The Morgan fingerprint density at radius 1 is 1.00 bits per heavy atom. The van der Waals surface area contributed by atoms with Crippen molar-refractivity contribution in [2.75, 3.05) is 5.07 Å². The molecule has 12 heavy (non-hydrogen) atoms. The van der Waals surface area contributed by atoms with Crippen LogP contribution in [0.4, 0.5) is 0 Å². The van der Waals surface area contributed by atoms with Gasteiger partial charge in [0, 0.05) is 10.3 Å². The molecule has 0 spiro atoms. The van der Waals surface area contributed by atoms with E-state index in [2.05, 4.69) is 57.5 Å². The molecule has 0 saturated heterocycles. The lowest BCUT2D eigenvalue weighted by molar-refractivity contribution is 0.522.